The van der Waals surface area contributed by atoms with Crippen molar-refractivity contribution in [3.05, 3.63) is 216 Å². The lowest BCUT2D eigenvalue weighted by atomic mass is 9.65. The van der Waals surface area contributed by atoms with Crippen molar-refractivity contribution in [2.24, 2.45) is 0 Å². The Bertz CT molecular complexity index is 2850. The molecule has 2 aliphatic rings. The van der Waals surface area contributed by atoms with E-state index in [9.17, 15) is 0 Å². The number of fused-ring (bicyclic) bond motifs is 10. The van der Waals surface area contributed by atoms with Crippen molar-refractivity contribution in [3.8, 4) is 67.5 Å². The molecule has 0 saturated carbocycles. The summed E-state index contributed by atoms with van der Waals surface area (Å²) in [5.41, 5.74) is 15.3. The number of nitrogens with zero attached hydrogens (tertiary/aromatic N) is 2. The van der Waals surface area contributed by atoms with E-state index in [1.807, 2.05) is 12.1 Å². The zero-order chi connectivity index (χ0) is 35.6. The lowest BCUT2D eigenvalue weighted by molar-refractivity contribution is 0.438. The predicted molar refractivity (Wildman–Crippen MR) is 219 cm³/mol. The van der Waals surface area contributed by atoms with Crippen molar-refractivity contribution in [2.75, 3.05) is 0 Å². The van der Waals surface area contributed by atoms with E-state index < -0.39 is 5.41 Å². The fourth-order valence-corrected chi connectivity index (χ4v) is 8.78. The van der Waals surface area contributed by atoms with E-state index in [2.05, 4.69) is 182 Å². The summed E-state index contributed by atoms with van der Waals surface area (Å²) in [6.07, 6.45) is 0. The van der Waals surface area contributed by atoms with Crippen molar-refractivity contribution in [3.63, 3.8) is 0 Å². The Labute approximate surface area is 313 Å². The summed E-state index contributed by atoms with van der Waals surface area (Å²) in [4.78, 5) is 10.2. The highest BCUT2D eigenvalue weighted by Gasteiger charge is 2.51. The molecule has 252 valence electrons. The molecule has 1 aliphatic carbocycles. The number of hydrogen-bond acceptors (Lipinski definition) is 3. The first-order chi connectivity index (χ1) is 26.8. The molecule has 0 unspecified atom stereocenters. The molecule has 54 heavy (non-hydrogen) atoms. The van der Waals surface area contributed by atoms with E-state index in [4.69, 9.17) is 14.7 Å². The summed E-state index contributed by atoms with van der Waals surface area (Å²) >= 11 is 0. The zero-order valence-electron chi connectivity index (χ0n) is 29.3. The van der Waals surface area contributed by atoms with Crippen LogP contribution >= 0.6 is 0 Å². The van der Waals surface area contributed by atoms with Crippen molar-refractivity contribution < 1.29 is 4.74 Å². The molecule has 0 saturated heterocycles. The Hall–Kier alpha value is -7.10. The van der Waals surface area contributed by atoms with E-state index in [0.717, 1.165) is 55.9 Å². The molecule has 1 spiro atoms. The fraction of sp³-hybridized carbons (Fsp3) is 0.0196. The van der Waals surface area contributed by atoms with Crippen LogP contribution in [0.1, 0.15) is 22.3 Å². The molecule has 0 atom stereocenters. The van der Waals surface area contributed by atoms with Gasteiger partial charge in [-0.25, -0.2) is 9.97 Å². The van der Waals surface area contributed by atoms with Gasteiger partial charge in [0.15, 0.2) is 5.82 Å². The zero-order valence-corrected chi connectivity index (χ0v) is 29.3. The highest BCUT2D eigenvalue weighted by Crippen LogP contribution is 2.63. The van der Waals surface area contributed by atoms with Gasteiger partial charge in [-0.05, 0) is 51.1 Å². The third kappa shape index (κ3) is 4.49. The molecule has 0 bridgehead atoms. The van der Waals surface area contributed by atoms with Crippen LogP contribution in [0.2, 0.25) is 0 Å². The van der Waals surface area contributed by atoms with Crippen LogP contribution in [0.25, 0.3) is 66.9 Å². The molecule has 3 heteroatoms. The van der Waals surface area contributed by atoms with E-state index in [0.29, 0.717) is 5.82 Å². The van der Waals surface area contributed by atoms with Crippen LogP contribution in [0, 0.1) is 0 Å². The third-order valence-electron chi connectivity index (χ3n) is 11.2. The molecule has 1 aromatic heterocycles. The Balaban J connectivity index is 1.03. The summed E-state index contributed by atoms with van der Waals surface area (Å²) in [6.45, 7) is 0. The Morgan fingerprint density at radius 3 is 1.65 bits per heavy atom. The van der Waals surface area contributed by atoms with Gasteiger partial charge in [-0.3, -0.25) is 0 Å². The first-order valence-corrected chi connectivity index (χ1v) is 18.4. The minimum absolute atomic E-state index is 0.498. The van der Waals surface area contributed by atoms with Crippen LogP contribution in [-0.2, 0) is 5.41 Å². The largest absolute Gasteiger partial charge is 0.456 e. The minimum Gasteiger partial charge on any atom is -0.456 e. The Kier molecular flexibility index (Phi) is 6.77. The van der Waals surface area contributed by atoms with Crippen molar-refractivity contribution in [1.82, 2.24) is 9.97 Å². The van der Waals surface area contributed by atoms with Gasteiger partial charge in [0.2, 0.25) is 0 Å². The molecule has 9 aromatic rings. The second kappa shape index (κ2) is 12.0. The molecule has 1 aliphatic heterocycles. The van der Waals surface area contributed by atoms with Crippen LogP contribution in [0.15, 0.2) is 194 Å². The van der Waals surface area contributed by atoms with Gasteiger partial charge in [-0.2, -0.15) is 0 Å². The standard InChI is InChI=1S/C51H32N2O/c1-2-13-33(14-3-1)34-25-29-36(30-26-34)48-41-17-6-10-23-46(41)52-50(53-48)37-31-27-35(28-32-37)38-18-12-22-45-49(38)54-47-24-11-9-21-44(47)51(45)42-19-7-4-15-39(42)40-16-5-8-20-43(40)51/h1-32H. The second-order valence-electron chi connectivity index (χ2n) is 14.1. The van der Waals surface area contributed by atoms with Gasteiger partial charge < -0.3 is 4.74 Å². The van der Waals surface area contributed by atoms with E-state index in [1.165, 1.54) is 38.9 Å². The number of rotatable bonds is 4. The summed E-state index contributed by atoms with van der Waals surface area (Å²) in [5.74, 6) is 2.47. The molecule has 11 rings (SSSR count). The quantitative estimate of drug-likeness (QED) is 0.185. The smallest absolute Gasteiger partial charge is 0.160 e. The number of benzene rings is 8. The van der Waals surface area contributed by atoms with Gasteiger partial charge in [0, 0.05) is 33.2 Å². The van der Waals surface area contributed by atoms with Crippen LogP contribution in [0.3, 0.4) is 0 Å². The molecule has 8 aromatic carbocycles. The summed E-state index contributed by atoms with van der Waals surface area (Å²) < 4.78 is 6.92. The normalized spacial score (nSPS) is 13.1. The topological polar surface area (TPSA) is 35.0 Å². The van der Waals surface area contributed by atoms with Crippen LogP contribution in [0.5, 0.6) is 11.5 Å². The summed E-state index contributed by atoms with van der Waals surface area (Å²) in [5, 5.41) is 1.03. The van der Waals surface area contributed by atoms with Crippen molar-refractivity contribution in [2.45, 2.75) is 5.41 Å². The Morgan fingerprint density at radius 2 is 0.889 bits per heavy atom. The van der Waals surface area contributed by atoms with Crippen molar-refractivity contribution >= 4 is 10.9 Å². The van der Waals surface area contributed by atoms with Gasteiger partial charge in [-0.15, -0.1) is 0 Å². The first kappa shape index (κ1) is 30.5. The van der Waals surface area contributed by atoms with Crippen LogP contribution in [-0.4, -0.2) is 9.97 Å². The third-order valence-corrected chi connectivity index (χ3v) is 11.2. The molecule has 0 fully saturated rings. The van der Waals surface area contributed by atoms with Gasteiger partial charge in [0.05, 0.1) is 16.6 Å². The second-order valence-corrected chi connectivity index (χ2v) is 14.1. The molecule has 2 heterocycles. The van der Waals surface area contributed by atoms with Crippen molar-refractivity contribution in [1.29, 1.82) is 0 Å². The highest BCUT2D eigenvalue weighted by atomic mass is 16.5. The van der Waals surface area contributed by atoms with E-state index in [1.54, 1.807) is 0 Å². The minimum atomic E-state index is -0.498. The van der Waals surface area contributed by atoms with Gasteiger partial charge in [0.1, 0.15) is 11.5 Å². The number of ether oxygens (including phenoxy) is 1. The predicted octanol–water partition coefficient (Wildman–Crippen LogP) is 12.8. The van der Waals surface area contributed by atoms with Gasteiger partial charge in [-0.1, -0.05) is 182 Å². The average Bonchev–Trinajstić information content (AvgIpc) is 3.54. The summed E-state index contributed by atoms with van der Waals surface area (Å²) in [7, 11) is 0. The monoisotopic (exact) mass is 688 g/mol. The fourth-order valence-electron chi connectivity index (χ4n) is 8.78. The van der Waals surface area contributed by atoms with E-state index in [-0.39, 0.29) is 0 Å². The average molecular weight is 689 g/mol. The van der Waals surface area contributed by atoms with Gasteiger partial charge >= 0.3 is 0 Å². The lowest BCUT2D eigenvalue weighted by Gasteiger charge is -2.40. The molecule has 0 radical (unpaired) electrons. The molecular formula is C51H32N2O. The molecular weight excluding hydrogens is 657 g/mol. The highest BCUT2D eigenvalue weighted by molar-refractivity contribution is 5.94. The summed E-state index contributed by atoms with van der Waals surface area (Å²) in [6, 6.07) is 68.8. The first-order valence-electron chi connectivity index (χ1n) is 18.4. The van der Waals surface area contributed by atoms with Gasteiger partial charge in [0.25, 0.3) is 0 Å². The maximum atomic E-state index is 6.92. The molecule has 0 N–H and O–H groups in total. The van der Waals surface area contributed by atoms with Crippen LogP contribution < -0.4 is 4.74 Å². The maximum absolute atomic E-state index is 6.92. The van der Waals surface area contributed by atoms with Crippen LogP contribution in [0.4, 0.5) is 0 Å². The van der Waals surface area contributed by atoms with E-state index >= 15 is 0 Å². The molecule has 0 amide bonds. The lowest BCUT2D eigenvalue weighted by Crippen LogP contribution is -2.32. The SMILES string of the molecule is c1ccc(-c2ccc(-c3nc(-c4ccc(-c5cccc6c5Oc5ccccc5C65c6ccccc6-c6ccccc65)cc4)nc4ccccc34)cc2)cc1. The number of aromatic nitrogens is 2. The number of hydrogen-bond donors (Lipinski definition) is 0. The molecule has 3 nitrogen and oxygen atoms in total. The maximum Gasteiger partial charge on any atom is 0.160 e. The Morgan fingerprint density at radius 1 is 0.352 bits per heavy atom. The number of para-hydroxylation sites is 3.